The van der Waals surface area contributed by atoms with E-state index < -0.39 is 0 Å². The molecule has 0 radical (unpaired) electrons. The number of carbonyl (C=O) groups excluding carboxylic acids is 1. The summed E-state index contributed by atoms with van der Waals surface area (Å²) >= 11 is 1.36. The minimum atomic E-state index is -0.292. The second-order valence-corrected chi connectivity index (χ2v) is 7.59. The van der Waals surface area contributed by atoms with Crippen molar-refractivity contribution in [2.45, 2.75) is 58.5 Å². The zero-order chi connectivity index (χ0) is 18.4. The van der Waals surface area contributed by atoms with Gasteiger partial charge in [-0.05, 0) is 38.7 Å². The number of ether oxygens (including phenoxy) is 2. The number of carbonyl (C=O) groups is 1. The Morgan fingerprint density at radius 3 is 2.88 bits per heavy atom. The molecular formula is C19H27N3O3S. The van der Waals surface area contributed by atoms with Crippen LogP contribution < -0.4 is 5.32 Å². The van der Waals surface area contributed by atoms with E-state index >= 15 is 0 Å². The third-order valence-corrected chi connectivity index (χ3v) is 5.89. The number of anilines is 1. The number of hydrogen-bond donors (Lipinski definition) is 1. The van der Waals surface area contributed by atoms with E-state index in [0.29, 0.717) is 17.6 Å². The van der Waals surface area contributed by atoms with Gasteiger partial charge >= 0.3 is 5.97 Å². The molecule has 2 aromatic heterocycles. The SMILES string of the molecule is CCOC(=O)c1sc2ncnc(NCCCOC3CCCCC3)c2c1C. The van der Waals surface area contributed by atoms with Gasteiger partial charge in [-0.15, -0.1) is 11.3 Å². The summed E-state index contributed by atoms with van der Waals surface area (Å²) in [6.07, 6.45) is 9.24. The van der Waals surface area contributed by atoms with Gasteiger partial charge in [0.05, 0.1) is 18.1 Å². The number of nitrogens with zero attached hydrogens (tertiary/aromatic N) is 2. The summed E-state index contributed by atoms with van der Waals surface area (Å²) < 4.78 is 11.1. The number of thiophene rings is 1. The van der Waals surface area contributed by atoms with Crippen LogP contribution in [0.2, 0.25) is 0 Å². The first-order valence-electron chi connectivity index (χ1n) is 9.47. The highest BCUT2D eigenvalue weighted by Crippen LogP contribution is 2.33. The second kappa shape index (κ2) is 9.28. The normalized spacial score (nSPS) is 15.3. The van der Waals surface area contributed by atoms with Crippen molar-refractivity contribution in [3.8, 4) is 0 Å². The van der Waals surface area contributed by atoms with Crippen LogP contribution in [-0.4, -0.2) is 41.8 Å². The van der Waals surface area contributed by atoms with E-state index in [9.17, 15) is 4.79 Å². The minimum absolute atomic E-state index is 0.292. The van der Waals surface area contributed by atoms with Gasteiger partial charge in [-0.25, -0.2) is 14.8 Å². The summed E-state index contributed by atoms with van der Waals surface area (Å²) in [7, 11) is 0. The van der Waals surface area contributed by atoms with Gasteiger partial charge in [0, 0.05) is 13.2 Å². The molecule has 6 nitrogen and oxygen atoms in total. The monoisotopic (exact) mass is 377 g/mol. The fraction of sp³-hybridized carbons (Fsp3) is 0.632. The Bertz CT molecular complexity index is 741. The van der Waals surface area contributed by atoms with Crippen LogP contribution in [0.15, 0.2) is 6.33 Å². The molecule has 0 amide bonds. The van der Waals surface area contributed by atoms with Crippen LogP contribution in [-0.2, 0) is 9.47 Å². The Labute approximate surface area is 158 Å². The number of aromatic nitrogens is 2. The van der Waals surface area contributed by atoms with Crippen molar-refractivity contribution in [3.05, 3.63) is 16.8 Å². The lowest BCUT2D eigenvalue weighted by Crippen LogP contribution is -2.18. The van der Waals surface area contributed by atoms with Gasteiger partial charge in [-0.3, -0.25) is 0 Å². The first kappa shape index (κ1) is 19.0. The topological polar surface area (TPSA) is 73.3 Å². The highest BCUT2D eigenvalue weighted by Gasteiger charge is 2.20. The largest absolute Gasteiger partial charge is 0.462 e. The fourth-order valence-corrected chi connectivity index (χ4v) is 4.40. The number of fused-ring (bicyclic) bond motifs is 1. The smallest absolute Gasteiger partial charge is 0.348 e. The minimum Gasteiger partial charge on any atom is -0.462 e. The molecule has 0 aliphatic heterocycles. The molecule has 2 heterocycles. The van der Waals surface area contributed by atoms with Crippen molar-refractivity contribution in [1.29, 1.82) is 0 Å². The van der Waals surface area contributed by atoms with Crippen LogP contribution >= 0.6 is 11.3 Å². The quantitative estimate of drug-likeness (QED) is 0.545. The maximum Gasteiger partial charge on any atom is 0.348 e. The third-order valence-electron chi connectivity index (χ3n) is 4.71. The van der Waals surface area contributed by atoms with Gasteiger partial charge in [-0.1, -0.05) is 19.3 Å². The summed E-state index contributed by atoms with van der Waals surface area (Å²) in [6.45, 7) is 5.64. The summed E-state index contributed by atoms with van der Waals surface area (Å²) in [4.78, 5) is 22.2. The van der Waals surface area contributed by atoms with Crippen molar-refractivity contribution >= 4 is 33.3 Å². The fourth-order valence-electron chi connectivity index (χ4n) is 3.36. The highest BCUT2D eigenvalue weighted by atomic mass is 32.1. The molecule has 0 spiro atoms. The molecule has 0 atom stereocenters. The predicted molar refractivity (Wildman–Crippen MR) is 104 cm³/mol. The van der Waals surface area contributed by atoms with Crippen LogP contribution in [0.4, 0.5) is 5.82 Å². The van der Waals surface area contributed by atoms with E-state index in [2.05, 4.69) is 15.3 Å². The van der Waals surface area contributed by atoms with Crippen molar-refractivity contribution in [2.24, 2.45) is 0 Å². The van der Waals surface area contributed by atoms with E-state index in [1.165, 1.54) is 49.8 Å². The molecule has 1 aliphatic carbocycles. The van der Waals surface area contributed by atoms with E-state index in [0.717, 1.165) is 41.2 Å². The Morgan fingerprint density at radius 1 is 1.31 bits per heavy atom. The van der Waals surface area contributed by atoms with E-state index in [-0.39, 0.29) is 5.97 Å². The third kappa shape index (κ3) is 4.51. The van der Waals surface area contributed by atoms with Gasteiger partial charge in [0.25, 0.3) is 0 Å². The average molecular weight is 378 g/mol. The zero-order valence-electron chi connectivity index (χ0n) is 15.5. The molecule has 3 rings (SSSR count). The Kier molecular flexibility index (Phi) is 6.80. The molecule has 142 valence electrons. The number of esters is 1. The van der Waals surface area contributed by atoms with Crippen molar-refractivity contribution in [1.82, 2.24) is 9.97 Å². The molecule has 1 N–H and O–H groups in total. The maximum atomic E-state index is 12.1. The van der Waals surface area contributed by atoms with Crippen molar-refractivity contribution in [3.63, 3.8) is 0 Å². The molecule has 0 aromatic carbocycles. The summed E-state index contributed by atoms with van der Waals surface area (Å²) in [5, 5.41) is 4.28. The molecule has 0 saturated heterocycles. The molecule has 1 saturated carbocycles. The molecular weight excluding hydrogens is 350 g/mol. The van der Waals surface area contributed by atoms with Gasteiger partial charge in [0.2, 0.25) is 0 Å². The lowest BCUT2D eigenvalue weighted by Gasteiger charge is -2.21. The number of aryl methyl sites for hydroxylation is 1. The van der Waals surface area contributed by atoms with E-state index in [4.69, 9.17) is 9.47 Å². The first-order chi connectivity index (χ1) is 12.7. The lowest BCUT2D eigenvalue weighted by molar-refractivity contribution is 0.0284. The Hall–Kier alpha value is -1.73. The molecule has 7 heteroatoms. The second-order valence-electron chi connectivity index (χ2n) is 6.59. The summed E-state index contributed by atoms with van der Waals surface area (Å²) in [6, 6.07) is 0. The van der Waals surface area contributed by atoms with Crippen LogP contribution in [0.3, 0.4) is 0 Å². The average Bonchev–Trinajstić information content (AvgIpc) is 3.00. The standard InChI is InChI=1S/C19H27N3O3S/c1-3-24-19(23)16-13(2)15-17(21-12-22-18(15)26-16)20-10-7-11-25-14-8-5-4-6-9-14/h12,14H,3-11H2,1-2H3,(H,20,21,22). The lowest BCUT2D eigenvalue weighted by atomic mass is 9.98. The van der Waals surface area contributed by atoms with E-state index in [1.54, 1.807) is 0 Å². The summed E-state index contributed by atoms with van der Waals surface area (Å²) in [5.74, 6) is 0.483. The molecule has 1 aliphatic rings. The molecule has 26 heavy (non-hydrogen) atoms. The zero-order valence-corrected chi connectivity index (χ0v) is 16.4. The number of nitrogens with one attached hydrogen (secondary N) is 1. The summed E-state index contributed by atoms with van der Waals surface area (Å²) in [5.41, 5.74) is 0.880. The van der Waals surface area contributed by atoms with E-state index in [1.807, 2.05) is 13.8 Å². The van der Waals surface area contributed by atoms with Crippen LogP contribution in [0.1, 0.15) is 60.7 Å². The number of rotatable bonds is 8. The Morgan fingerprint density at radius 2 is 2.12 bits per heavy atom. The van der Waals surface area contributed by atoms with Crippen molar-refractivity contribution < 1.29 is 14.3 Å². The van der Waals surface area contributed by atoms with Crippen molar-refractivity contribution in [2.75, 3.05) is 25.1 Å². The van der Waals surface area contributed by atoms with Crippen LogP contribution in [0.5, 0.6) is 0 Å². The van der Waals surface area contributed by atoms with Crippen LogP contribution in [0.25, 0.3) is 10.2 Å². The van der Waals surface area contributed by atoms with Gasteiger partial charge in [0.15, 0.2) is 0 Å². The maximum absolute atomic E-state index is 12.1. The van der Waals surface area contributed by atoms with Crippen LogP contribution in [0, 0.1) is 6.92 Å². The number of hydrogen-bond acceptors (Lipinski definition) is 7. The molecule has 2 aromatic rings. The molecule has 0 bridgehead atoms. The first-order valence-corrected chi connectivity index (χ1v) is 10.3. The predicted octanol–water partition coefficient (Wildman–Crippen LogP) is 4.33. The van der Waals surface area contributed by atoms with Gasteiger partial charge < -0.3 is 14.8 Å². The highest BCUT2D eigenvalue weighted by molar-refractivity contribution is 7.20. The van der Waals surface area contributed by atoms with Gasteiger partial charge in [-0.2, -0.15) is 0 Å². The van der Waals surface area contributed by atoms with Gasteiger partial charge in [0.1, 0.15) is 21.9 Å². The molecule has 0 unspecified atom stereocenters. The Balaban J connectivity index is 1.58. The molecule has 1 fully saturated rings.